The van der Waals surface area contributed by atoms with Gasteiger partial charge in [-0.15, -0.1) is 0 Å². The Balaban J connectivity index is 2.18. The smallest absolute Gasteiger partial charge is 0.271 e. The van der Waals surface area contributed by atoms with Crippen LogP contribution in [0.4, 0.5) is 11.4 Å². The topological polar surface area (TPSA) is 91.8 Å². The molecule has 0 spiro atoms. The lowest BCUT2D eigenvalue weighted by atomic mass is 10.2. The number of halogens is 1. The van der Waals surface area contributed by atoms with E-state index in [4.69, 9.17) is 19.1 Å². The molecule has 0 aliphatic heterocycles. The summed E-state index contributed by atoms with van der Waals surface area (Å²) in [5.41, 5.74) is 2.02. The van der Waals surface area contributed by atoms with Crippen molar-refractivity contribution in [2.75, 3.05) is 7.11 Å². The third-order valence-corrected chi connectivity index (χ3v) is 10.2. The second kappa shape index (κ2) is 10.7. The van der Waals surface area contributed by atoms with E-state index in [2.05, 4.69) is 43.6 Å². The highest BCUT2D eigenvalue weighted by Gasteiger charge is 2.43. The van der Waals surface area contributed by atoms with E-state index in [1.807, 2.05) is 53.2 Å². The van der Waals surface area contributed by atoms with Crippen LogP contribution in [0.3, 0.4) is 0 Å². The molecule has 37 heavy (non-hydrogen) atoms. The minimum Gasteiger partial charge on any atom is -0.494 e. The lowest BCUT2D eigenvalue weighted by Crippen LogP contribution is -2.32. The molecule has 1 atom stereocenters. The van der Waals surface area contributed by atoms with Crippen molar-refractivity contribution >= 4 is 50.9 Å². The molecule has 1 heterocycles. The first-order chi connectivity index (χ1) is 17.6. The van der Waals surface area contributed by atoms with Gasteiger partial charge in [0.2, 0.25) is 0 Å². The van der Waals surface area contributed by atoms with Crippen molar-refractivity contribution in [2.45, 2.75) is 45.8 Å². The van der Waals surface area contributed by atoms with Crippen LogP contribution in [0.1, 0.15) is 34.1 Å². The molecule has 3 aromatic carbocycles. The number of aryl methyl sites for hydroxylation is 1. The van der Waals surface area contributed by atoms with Gasteiger partial charge < -0.3 is 9.26 Å². The minimum atomic E-state index is -3.05. The molecule has 0 fully saturated rings. The average Bonchev–Trinajstić information content (AvgIpc) is 3.21. The number of rotatable bonds is 8. The van der Waals surface area contributed by atoms with E-state index in [1.165, 1.54) is 19.2 Å². The Kier molecular flexibility index (Phi) is 7.76. The van der Waals surface area contributed by atoms with E-state index in [0.29, 0.717) is 23.7 Å². The van der Waals surface area contributed by atoms with Crippen LogP contribution in [-0.2, 0) is 6.54 Å². The zero-order chi connectivity index (χ0) is 26.8. The number of hydrogen-bond acceptors (Lipinski definition) is 6. The Hall–Kier alpha value is -3.16. The molecular weight excluding hydrogens is 555 g/mol. The second-order valence-corrected chi connectivity index (χ2v) is 13.8. The summed E-state index contributed by atoms with van der Waals surface area (Å²) in [5, 5.41) is 17.0. The highest BCUT2D eigenvalue weighted by molar-refractivity contribution is 9.10. The summed E-state index contributed by atoms with van der Waals surface area (Å²) in [6.45, 7) is 9.03. The van der Waals surface area contributed by atoms with Crippen molar-refractivity contribution in [3.8, 4) is 11.5 Å². The maximum absolute atomic E-state index is 11.7. The number of benzene rings is 3. The highest BCUT2D eigenvalue weighted by atomic mass is 79.9. The van der Waals surface area contributed by atoms with Crippen LogP contribution < -0.4 is 14.7 Å². The number of nitrogens with zero attached hydrogens (tertiary/aromatic N) is 4. The SMILES string of the molecule is CCCn1nc2ccccc2c1[P@](=Nc1cc([N+](=O)[O-])ccc1OC)(Oc1cccc(Br)c1)C(C)(C)C. The van der Waals surface area contributed by atoms with Gasteiger partial charge in [0.25, 0.3) is 5.69 Å². The quantitative estimate of drug-likeness (QED) is 0.118. The van der Waals surface area contributed by atoms with Gasteiger partial charge in [-0.05, 0) is 36.8 Å². The van der Waals surface area contributed by atoms with Crippen LogP contribution in [0.5, 0.6) is 11.5 Å². The van der Waals surface area contributed by atoms with Crippen molar-refractivity contribution in [2.24, 2.45) is 4.74 Å². The van der Waals surface area contributed by atoms with Gasteiger partial charge in [0.05, 0.1) is 17.5 Å². The summed E-state index contributed by atoms with van der Waals surface area (Å²) in [6, 6.07) is 20.0. The summed E-state index contributed by atoms with van der Waals surface area (Å²) in [7, 11) is -1.52. The average molecular weight is 585 g/mol. The predicted octanol–water partition coefficient (Wildman–Crippen LogP) is 8.08. The Bertz CT molecular complexity index is 1510. The molecule has 0 unspecified atom stereocenters. The zero-order valence-corrected chi connectivity index (χ0v) is 24.0. The summed E-state index contributed by atoms with van der Waals surface area (Å²) < 4.78 is 20.8. The molecule has 0 radical (unpaired) electrons. The predicted molar refractivity (Wildman–Crippen MR) is 153 cm³/mol. The minimum absolute atomic E-state index is 0.0686. The number of hydrogen-bond donors (Lipinski definition) is 0. The van der Waals surface area contributed by atoms with Gasteiger partial charge in [-0.3, -0.25) is 14.8 Å². The third-order valence-electron chi connectivity index (χ3n) is 5.91. The molecule has 194 valence electrons. The molecule has 0 N–H and O–H groups in total. The van der Waals surface area contributed by atoms with Gasteiger partial charge in [-0.2, -0.15) is 5.10 Å². The maximum atomic E-state index is 11.7. The molecule has 0 aliphatic carbocycles. The van der Waals surface area contributed by atoms with Crippen molar-refractivity contribution in [3.63, 3.8) is 0 Å². The number of nitro benzene ring substituents is 1. The first-order valence-electron chi connectivity index (χ1n) is 12.0. The fourth-order valence-corrected chi connectivity index (χ4v) is 7.83. The molecule has 0 aliphatic rings. The summed E-state index contributed by atoms with van der Waals surface area (Å²) in [6.07, 6.45) is 0.863. The first-order valence-corrected chi connectivity index (χ1v) is 14.4. The van der Waals surface area contributed by atoms with E-state index in [9.17, 15) is 10.1 Å². The Labute approximate surface area is 225 Å². The van der Waals surface area contributed by atoms with E-state index in [-0.39, 0.29) is 5.69 Å². The number of methoxy groups -OCH3 is 1. The van der Waals surface area contributed by atoms with Crippen LogP contribution in [-0.4, -0.2) is 27.0 Å². The molecule has 4 rings (SSSR count). The molecule has 0 bridgehead atoms. The Morgan fingerprint density at radius 2 is 1.86 bits per heavy atom. The van der Waals surface area contributed by atoms with Crippen LogP contribution in [0.15, 0.2) is 75.9 Å². The van der Waals surface area contributed by atoms with E-state index in [0.717, 1.165) is 27.2 Å². The van der Waals surface area contributed by atoms with Gasteiger partial charge in [0.1, 0.15) is 22.6 Å². The fraction of sp³-hybridized carbons (Fsp3) is 0.296. The fourth-order valence-electron chi connectivity index (χ4n) is 4.17. The standard InChI is InChI=1S/C27H30BrN4O4P/c1-6-16-31-26(22-12-7-8-13-23(22)29-31)37(27(2,3)4,36-21-11-9-10-19(28)17-21)30-24-18-20(32(33)34)14-15-25(24)35-5/h7-15,17-18H,6,16H2,1-5H3/t37-/m0/s1. The van der Waals surface area contributed by atoms with Crippen LogP contribution >= 0.6 is 23.2 Å². The molecule has 1 aromatic heterocycles. The first kappa shape index (κ1) is 26.9. The molecule has 0 amide bonds. The summed E-state index contributed by atoms with van der Waals surface area (Å²) in [5.74, 6) is 1.07. The normalized spacial score (nSPS) is 13.2. The molecular formula is C27H30BrN4O4P. The largest absolute Gasteiger partial charge is 0.494 e. The van der Waals surface area contributed by atoms with Crippen LogP contribution in [0.25, 0.3) is 10.9 Å². The van der Waals surface area contributed by atoms with Gasteiger partial charge in [0.15, 0.2) is 7.28 Å². The number of ether oxygens (including phenoxy) is 1. The van der Waals surface area contributed by atoms with Gasteiger partial charge in [-0.25, -0.2) is 4.74 Å². The van der Waals surface area contributed by atoms with Gasteiger partial charge in [-0.1, -0.05) is 67.9 Å². The third kappa shape index (κ3) is 5.29. The Morgan fingerprint density at radius 1 is 1.11 bits per heavy atom. The number of nitro groups is 1. The van der Waals surface area contributed by atoms with Crippen molar-refractivity contribution < 1.29 is 14.2 Å². The second-order valence-electron chi connectivity index (χ2n) is 9.57. The van der Waals surface area contributed by atoms with Crippen LogP contribution in [0, 0.1) is 10.1 Å². The zero-order valence-electron chi connectivity index (χ0n) is 21.5. The van der Waals surface area contributed by atoms with Crippen molar-refractivity contribution in [1.29, 1.82) is 0 Å². The maximum Gasteiger partial charge on any atom is 0.271 e. The monoisotopic (exact) mass is 584 g/mol. The highest BCUT2D eigenvalue weighted by Crippen LogP contribution is 2.63. The summed E-state index contributed by atoms with van der Waals surface area (Å²) >= 11 is 3.55. The van der Waals surface area contributed by atoms with Gasteiger partial charge in [0, 0.05) is 33.7 Å². The van der Waals surface area contributed by atoms with E-state index >= 15 is 0 Å². The van der Waals surface area contributed by atoms with Crippen LogP contribution in [0.2, 0.25) is 0 Å². The molecule has 4 aromatic rings. The molecule has 0 saturated carbocycles. The Morgan fingerprint density at radius 3 is 2.51 bits per heavy atom. The molecule has 8 nitrogen and oxygen atoms in total. The molecule has 0 saturated heterocycles. The lowest BCUT2D eigenvalue weighted by molar-refractivity contribution is -0.384. The number of non-ortho nitro benzene ring substituents is 1. The van der Waals surface area contributed by atoms with Crippen molar-refractivity contribution in [1.82, 2.24) is 9.78 Å². The van der Waals surface area contributed by atoms with Crippen molar-refractivity contribution in [3.05, 3.63) is 81.3 Å². The summed E-state index contributed by atoms with van der Waals surface area (Å²) in [4.78, 5) is 11.2. The number of fused-ring (bicyclic) bond motifs is 1. The van der Waals surface area contributed by atoms with Gasteiger partial charge >= 0.3 is 0 Å². The van der Waals surface area contributed by atoms with E-state index < -0.39 is 17.4 Å². The number of aromatic nitrogens is 2. The molecule has 10 heteroatoms. The van der Waals surface area contributed by atoms with E-state index in [1.54, 1.807) is 6.07 Å². The lowest BCUT2D eigenvalue weighted by Gasteiger charge is -2.37.